The summed E-state index contributed by atoms with van der Waals surface area (Å²) in [5, 5.41) is 21.2. The minimum absolute atomic E-state index is 0.144. The van der Waals surface area contributed by atoms with Gasteiger partial charge in [-0.05, 0) is 37.6 Å². The van der Waals surface area contributed by atoms with Gasteiger partial charge in [-0.25, -0.2) is 14.6 Å². The van der Waals surface area contributed by atoms with Crippen LogP contribution in [0.25, 0.3) is 16.7 Å². The molecule has 1 saturated heterocycles. The number of nitriles is 1. The molecule has 3 aromatic heterocycles. The molecule has 1 aliphatic heterocycles. The van der Waals surface area contributed by atoms with E-state index in [0.29, 0.717) is 58.4 Å². The van der Waals surface area contributed by atoms with E-state index in [1.165, 1.54) is 0 Å². The lowest BCUT2D eigenvalue weighted by molar-refractivity contribution is 0.0940. The number of nitrogens with one attached hydrogen (secondary N) is 1. The molecule has 1 fully saturated rings. The Morgan fingerprint density at radius 1 is 1.39 bits per heavy atom. The van der Waals surface area contributed by atoms with Crippen LogP contribution in [0.4, 0.5) is 11.6 Å². The summed E-state index contributed by atoms with van der Waals surface area (Å²) in [6.07, 6.45) is 2.27. The number of aryl methyl sites for hydroxylation is 1. The van der Waals surface area contributed by atoms with Crippen molar-refractivity contribution in [2.24, 2.45) is 0 Å². The highest BCUT2D eigenvalue weighted by atomic mass is 35.5. The number of aromatic nitrogens is 5. The Morgan fingerprint density at radius 3 is 2.97 bits per heavy atom. The molecule has 0 radical (unpaired) electrons. The maximum Gasteiger partial charge on any atom is 0.253 e. The third-order valence-electron chi connectivity index (χ3n) is 5.47. The van der Waals surface area contributed by atoms with Crippen LogP contribution < -0.4 is 16.0 Å². The molecule has 3 N–H and O–H groups in total. The predicted molar refractivity (Wildman–Crippen MR) is 120 cm³/mol. The quantitative estimate of drug-likeness (QED) is 0.463. The molecule has 1 unspecified atom stereocenters. The zero-order valence-electron chi connectivity index (χ0n) is 17.5. The number of carbonyl (C=O) groups is 1. The molecule has 166 valence electrons. The standard InChI is InChI=1S/C21H18ClN9O2/c1-11-25-10-31(28-11)14-2-3-15(17(22)7-14)21(32)27-12-4-5-30(9-12)20-18-16(19(24)29-33-18)6-13(8-23)26-20/h2-3,6-7,10,12H,4-5,9H2,1H3,(H2,24,29)(H,27,32). The van der Waals surface area contributed by atoms with Crippen LogP contribution >= 0.6 is 11.6 Å². The molecule has 12 heteroatoms. The molecule has 1 aromatic carbocycles. The molecule has 5 rings (SSSR count). The largest absolute Gasteiger partial charge is 0.380 e. The SMILES string of the molecule is Cc1ncn(-c2ccc(C(=O)NC3CCN(c4nc(C#N)cc5c(N)noc45)C3)c(Cl)c2)n1. The average Bonchev–Trinajstić information content (AvgIpc) is 3.54. The van der Waals surface area contributed by atoms with Crippen LogP contribution in [0.15, 0.2) is 35.1 Å². The van der Waals surface area contributed by atoms with Gasteiger partial charge in [0.15, 0.2) is 11.6 Å². The first kappa shape index (κ1) is 20.7. The first-order chi connectivity index (χ1) is 15.9. The van der Waals surface area contributed by atoms with Crippen LogP contribution in [0, 0.1) is 18.3 Å². The number of benzene rings is 1. The minimum atomic E-state index is -0.277. The third-order valence-corrected chi connectivity index (χ3v) is 5.78. The van der Waals surface area contributed by atoms with Gasteiger partial charge in [0.25, 0.3) is 5.91 Å². The third kappa shape index (κ3) is 3.81. The maximum atomic E-state index is 12.9. The fraction of sp³-hybridized carbons (Fsp3) is 0.238. The second-order valence-corrected chi connectivity index (χ2v) is 8.10. The van der Waals surface area contributed by atoms with Crippen molar-refractivity contribution in [3.8, 4) is 11.8 Å². The number of nitrogens with two attached hydrogens (primary N) is 1. The van der Waals surface area contributed by atoms with Gasteiger partial charge in [0.2, 0.25) is 5.58 Å². The Morgan fingerprint density at radius 2 is 2.24 bits per heavy atom. The number of halogens is 1. The van der Waals surface area contributed by atoms with Crippen molar-refractivity contribution >= 4 is 40.1 Å². The Balaban J connectivity index is 1.32. The number of hydrogen-bond donors (Lipinski definition) is 2. The van der Waals surface area contributed by atoms with E-state index < -0.39 is 0 Å². The summed E-state index contributed by atoms with van der Waals surface area (Å²) < 4.78 is 6.93. The van der Waals surface area contributed by atoms with Crippen molar-refractivity contribution in [3.05, 3.63) is 52.7 Å². The summed E-state index contributed by atoms with van der Waals surface area (Å²) in [4.78, 5) is 23.3. The number of pyridine rings is 1. The zero-order chi connectivity index (χ0) is 23.1. The van der Waals surface area contributed by atoms with Crippen molar-refractivity contribution in [1.82, 2.24) is 30.2 Å². The molecule has 33 heavy (non-hydrogen) atoms. The smallest absolute Gasteiger partial charge is 0.253 e. The van der Waals surface area contributed by atoms with E-state index in [4.69, 9.17) is 21.9 Å². The summed E-state index contributed by atoms with van der Waals surface area (Å²) in [6.45, 7) is 2.89. The van der Waals surface area contributed by atoms with Gasteiger partial charge in [-0.15, -0.1) is 0 Å². The Kier molecular flexibility index (Phi) is 5.07. The number of amides is 1. The molecule has 0 bridgehead atoms. The topological polar surface area (TPSA) is 152 Å². The number of nitrogen functional groups attached to an aromatic ring is 1. The number of carbonyl (C=O) groups excluding carboxylic acids is 1. The van der Waals surface area contributed by atoms with E-state index in [1.807, 2.05) is 11.0 Å². The van der Waals surface area contributed by atoms with Crippen molar-refractivity contribution in [3.63, 3.8) is 0 Å². The minimum Gasteiger partial charge on any atom is -0.380 e. The molecule has 1 atom stereocenters. The fourth-order valence-electron chi connectivity index (χ4n) is 3.85. The number of anilines is 2. The lowest BCUT2D eigenvalue weighted by Crippen LogP contribution is -2.37. The number of rotatable bonds is 4. The molecule has 4 aromatic rings. The maximum absolute atomic E-state index is 12.9. The summed E-state index contributed by atoms with van der Waals surface area (Å²) in [5.41, 5.74) is 7.56. The van der Waals surface area contributed by atoms with Gasteiger partial charge in [0, 0.05) is 19.1 Å². The second-order valence-electron chi connectivity index (χ2n) is 7.69. The molecule has 11 nitrogen and oxygen atoms in total. The van der Waals surface area contributed by atoms with Crippen molar-refractivity contribution in [1.29, 1.82) is 5.26 Å². The van der Waals surface area contributed by atoms with E-state index in [-0.39, 0.29) is 23.5 Å². The highest BCUT2D eigenvalue weighted by Crippen LogP contribution is 2.31. The Labute approximate surface area is 192 Å². The molecule has 0 aliphatic carbocycles. The second kappa shape index (κ2) is 8.07. The predicted octanol–water partition coefficient (Wildman–Crippen LogP) is 2.23. The Bertz CT molecular complexity index is 1420. The monoisotopic (exact) mass is 463 g/mol. The first-order valence-corrected chi connectivity index (χ1v) is 10.5. The van der Waals surface area contributed by atoms with E-state index in [0.717, 1.165) is 0 Å². The van der Waals surface area contributed by atoms with E-state index in [1.54, 1.807) is 42.2 Å². The first-order valence-electron chi connectivity index (χ1n) is 10.1. The lowest BCUT2D eigenvalue weighted by Gasteiger charge is -2.18. The summed E-state index contributed by atoms with van der Waals surface area (Å²) in [6, 6.07) is 8.53. The molecule has 1 amide bonds. The zero-order valence-corrected chi connectivity index (χ0v) is 18.2. The van der Waals surface area contributed by atoms with Crippen LogP contribution in [-0.4, -0.2) is 49.9 Å². The molecular weight excluding hydrogens is 446 g/mol. The van der Waals surface area contributed by atoms with Crippen LogP contribution in [0.5, 0.6) is 0 Å². The van der Waals surface area contributed by atoms with Crippen LogP contribution in [-0.2, 0) is 0 Å². The lowest BCUT2D eigenvalue weighted by atomic mass is 10.1. The van der Waals surface area contributed by atoms with Crippen LogP contribution in [0.2, 0.25) is 5.02 Å². The summed E-state index contributed by atoms with van der Waals surface area (Å²) in [5.74, 6) is 1.05. The van der Waals surface area contributed by atoms with Crippen molar-refractivity contribution in [2.45, 2.75) is 19.4 Å². The average molecular weight is 464 g/mol. The van der Waals surface area contributed by atoms with Gasteiger partial charge in [0.1, 0.15) is 23.9 Å². The van der Waals surface area contributed by atoms with Crippen molar-refractivity contribution < 1.29 is 9.32 Å². The van der Waals surface area contributed by atoms with Gasteiger partial charge in [0.05, 0.1) is 21.7 Å². The van der Waals surface area contributed by atoms with E-state index in [9.17, 15) is 10.1 Å². The molecule has 1 aliphatic rings. The molecule has 0 saturated carbocycles. The van der Waals surface area contributed by atoms with Gasteiger partial charge in [-0.1, -0.05) is 16.8 Å². The van der Waals surface area contributed by atoms with E-state index in [2.05, 4.69) is 25.5 Å². The highest BCUT2D eigenvalue weighted by Gasteiger charge is 2.29. The normalized spacial score (nSPS) is 15.7. The fourth-order valence-corrected chi connectivity index (χ4v) is 4.11. The van der Waals surface area contributed by atoms with Gasteiger partial charge >= 0.3 is 0 Å². The summed E-state index contributed by atoms with van der Waals surface area (Å²) >= 11 is 6.39. The molecular formula is C21H18ClN9O2. The van der Waals surface area contributed by atoms with Crippen molar-refractivity contribution in [2.75, 3.05) is 23.7 Å². The van der Waals surface area contributed by atoms with Crippen LogP contribution in [0.1, 0.15) is 28.3 Å². The number of hydrogen-bond acceptors (Lipinski definition) is 9. The number of nitrogens with zero attached hydrogens (tertiary/aromatic N) is 7. The van der Waals surface area contributed by atoms with Gasteiger partial charge < -0.3 is 20.5 Å². The highest BCUT2D eigenvalue weighted by molar-refractivity contribution is 6.34. The molecule has 0 spiro atoms. The Hall–Kier alpha value is -4.17. The van der Waals surface area contributed by atoms with E-state index >= 15 is 0 Å². The number of fused-ring (bicyclic) bond motifs is 1. The summed E-state index contributed by atoms with van der Waals surface area (Å²) in [7, 11) is 0. The van der Waals surface area contributed by atoms with Gasteiger partial charge in [-0.2, -0.15) is 10.4 Å². The van der Waals surface area contributed by atoms with Crippen LogP contribution in [0.3, 0.4) is 0 Å². The molecule has 4 heterocycles. The van der Waals surface area contributed by atoms with Gasteiger partial charge in [-0.3, -0.25) is 4.79 Å².